The molecule has 0 saturated carbocycles. The van der Waals surface area contributed by atoms with Crippen molar-refractivity contribution >= 4 is 17.7 Å². The molecule has 2 fully saturated rings. The summed E-state index contributed by atoms with van der Waals surface area (Å²) >= 11 is 0. The van der Waals surface area contributed by atoms with Crippen molar-refractivity contribution in [3.05, 3.63) is 71.3 Å². The Morgan fingerprint density at radius 2 is 1.44 bits per heavy atom. The van der Waals surface area contributed by atoms with Crippen LogP contribution in [-0.4, -0.2) is 84.8 Å². The number of hydrogen-bond donors (Lipinski definition) is 1. The number of carbonyl (C=O) groups excluding carboxylic acids is 3. The zero-order valence-corrected chi connectivity index (χ0v) is 22.0. The van der Waals surface area contributed by atoms with E-state index >= 15 is 0 Å². The summed E-state index contributed by atoms with van der Waals surface area (Å²) in [6.45, 7) is 3.26. The van der Waals surface area contributed by atoms with Crippen LogP contribution in [0.5, 0.6) is 0 Å². The topological polar surface area (TPSA) is 73.0 Å². The lowest BCUT2D eigenvalue weighted by atomic mass is 9.95. The summed E-state index contributed by atoms with van der Waals surface area (Å²) in [6, 6.07) is 15.1. The van der Waals surface area contributed by atoms with Crippen LogP contribution in [0.3, 0.4) is 0 Å². The molecule has 3 amide bonds. The fourth-order valence-corrected chi connectivity index (χ4v) is 5.24. The van der Waals surface area contributed by atoms with Crippen molar-refractivity contribution in [2.45, 2.75) is 31.9 Å². The molecule has 0 spiro atoms. The molecule has 39 heavy (non-hydrogen) atoms. The number of carbonyl (C=O) groups is 3. The summed E-state index contributed by atoms with van der Waals surface area (Å²) in [5, 5.41) is 2.76. The largest absolute Gasteiger partial charge is 0.417 e. The molecule has 4 rings (SSSR count). The highest BCUT2D eigenvalue weighted by Crippen LogP contribution is 2.32. The van der Waals surface area contributed by atoms with Crippen LogP contribution in [0.25, 0.3) is 0 Å². The zero-order valence-electron chi connectivity index (χ0n) is 22.0. The van der Waals surface area contributed by atoms with Crippen molar-refractivity contribution in [2.24, 2.45) is 5.92 Å². The van der Waals surface area contributed by atoms with Gasteiger partial charge in [0.05, 0.1) is 17.7 Å². The molecule has 2 aliphatic rings. The van der Waals surface area contributed by atoms with E-state index in [1.54, 1.807) is 0 Å². The third kappa shape index (κ3) is 7.81. The Kier molecular flexibility index (Phi) is 9.61. The monoisotopic (exact) mass is 544 g/mol. The van der Waals surface area contributed by atoms with E-state index in [4.69, 9.17) is 0 Å². The molecular weight excluding hydrogens is 509 g/mol. The molecule has 2 aliphatic heterocycles. The fourth-order valence-electron chi connectivity index (χ4n) is 5.24. The molecule has 2 aromatic carbocycles. The Morgan fingerprint density at radius 3 is 2.10 bits per heavy atom. The van der Waals surface area contributed by atoms with Gasteiger partial charge in [-0.3, -0.25) is 14.4 Å². The standard InChI is InChI=1S/C29H35F3N4O3/c30-29(31,32)25-11-5-4-10-24(25)28(39)36-19-17-35(18-20-36)26(37)21-33-27(38)23-12-15-34(16-13-23)14-6-9-22-7-2-1-3-8-22/h1-5,7-8,10-11,23H,6,9,12-21H2,(H,33,38). The number of hydrogen-bond acceptors (Lipinski definition) is 4. The highest BCUT2D eigenvalue weighted by molar-refractivity contribution is 5.96. The normalized spacial score (nSPS) is 17.2. The third-order valence-corrected chi connectivity index (χ3v) is 7.54. The Bertz CT molecular complexity index is 1130. The first-order valence-corrected chi connectivity index (χ1v) is 13.5. The molecule has 210 valence electrons. The molecular formula is C29H35F3N4O3. The number of nitrogens with zero attached hydrogens (tertiary/aromatic N) is 3. The molecule has 0 bridgehead atoms. The van der Waals surface area contributed by atoms with Crippen LogP contribution in [0.2, 0.25) is 0 Å². The first kappa shape index (κ1) is 28.6. The van der Waals surface area contributed by atoms with E-state index in [1.807, 2.05) is 18.2 Å². The maximum Gasteiger partial charge on any atom is 0.417 e. The van der Waals surface area contributed by atoms with Gasteiger partial charge in [0.2, 0.25) is 11.8 Å². The van der Waals surface area contributed by atoms with Crippen molar-refractivity contribution < 1.29 is 27.6 Å². The smallest absolute Gasteiger partial charge is 0.347 e. The van der Waals surface area contributed by atoms with Crippen LogP contribution in [0.1, 0.15) is 40.7 Å². The molecule has 0 unspecified atom stereocenters. The molecule has 0 radical (unpaired) electrons. The number of benzene rings is 2. The van der Waals surface area contributed by atoms with Crippen molar-refractivity contribution in [3.63, 3.8) is 0 Å². The Labute approximate surface area is 226 Å². The van der Waals surface area contributed by atoms with Crippen LogP contribution in [-0.2, 0) is 22.2 Å². The van der Waals surface area contributed by atoms with E-state index in [1.165, 1.54) is 33.6 Å². The minimum absolute atomic E-state index is 0.119. The molecule has 2 aromatic rings. The van der Waals surface area contributed by atoms with E-state index in [0.717, 1.165) is 51.4 Å². The highest BCUT2D eigenvalue weighted by Gasteiger charge is 2.36. The maximum atomic E-state index is 13.3. The number of piperidine rings is 1. The van der Waals surface area contributed by atoms with Crippen molar-refractivity contribution in [1.82, 2.24) is 20.0 Å². The van der Waals surface area contributed by atoms with Crippen LogP contribution in [0.4, 0.5) is 13.2 Å². The van der Waals surface area contributed by atoms with Crippen LogP contribution in [0.15, 0.2) is 54.6 Å². The van der Waals surface area contributed by atoms with E-state index in [-0.39, 0.29) is 56.0 Å². The number of aryl methyl sites for hydroxylation is 1. The van der Waals surface area contributed by atoms with Crippen molar-refractivity contribution in [2.75, 3.05) is 52.4 Å². The summed E-state index contributed by atoms with van der Waals surface area (Å²) in [4.78, 5) is 43.3. The Balaban J connectivity index is 1.15. The van der Waals surface area contributed by atoms with Gasteiger partial charge in [-0.25, -0.2) is 0 Å². The summed E-state index contributed by atoms with van der Waals surface area (Å²) < 4.78 is 39.9. The lowest BCUT2D eigenvalue weighted by Gasteiger charge is -2.35. The van der Waals surface area contributed by atoms with Gasteiger partial charge in [-0.05, 0) is 63.0 Å². The first-order chi connectivity index (χ1) is 18.7. The average Bonchev–Trinajstić information content (AvgIpc) is 2.96. The molecule has 7 nitrogen and oxygen atoms in total. The number of nitrogens with one attached hydrogen (secondary N) is 1. The van der Waals surface area contributed by atoms with E-state index in [9.17, 15) is 27.6 Å². The predicted octanol–water partition coefficient (Wildman–Crippen LogP) is 3.45. The fraction of sp³-hybridized carbons (Fsp3) is 0.483. The molecule has 10 heteroatoms. The minimum Gasteiger partial charge on any atom is -0.347 e. The Hall–Kier alpha value is -3.40. The van der Waals surface area contributed by atoms with Gasteiger partial charge in [0.1, 0.15) is 0 Å². The van der Waals surface area contributed by atoms with Crippen molar-refractivity contribution in [1.29, 1.82) is 0 Å². The highest BCUT2D eigenvalue weighted by atomic mass is 19.4. The van der Waals surface area contributed by atoms with E-state index in [2.05, 4.69) is 22.3 Å². The van der Waals surface area contributed by atoms with Gasteiger partial charge in [-0.2, -0.15) is 13.2 Å². The number of likely N-dealkylation sites (tertiary alicyclic amines) is 1. The van der Waals surface area contributed by atoms with Crippen LogP contribution >= 0.6 is 0 Å². The summed E-state index contributed by atoms with van der Waals surface area (Å²) in [6.07, 6.45) is -1.01. The number of rotatable bonds is 8. The second-order valence-electron chi connectivity index (χ2n) is 10.1. The first-order valence-electron chi connectivity index (χ1n) is 13.5. The number of halogens is 3. The van der Waals surface area contributed by atoms with Gasteiger partial charge in [-0.15, -0.1) is 0 Å². The molecule has 0 atom stereocenters. The molecule has 2 heterocycles. The number of piperazine rings is 1. The van der Waals surface area contributed by atoms with Crippen LogP contribution < -0.4 is 5.32 Å². The van der Waals surface area contributed by atoms with Gasteiger partial charge < -0.3 is 20.0 Å². The van der Waals surface area contributed by atoms with Gasteiger partial charge in [-0.1, -0.05) is 42.5 Å². The van der Waals surface area contributed by atoms with Gasteiger partial charge >= 0.3 is 6.18 Å². The predicted molar refractivity (Wildman–Crippen MR) is 141 cm³/mol. The molecule has 0 aliphatic carbocycles. The number of amides is 3. The lowest BCUT2D eigenvalue weighted by Crippen LogP contribution is -2.53. The SMILES string of the molecule is O=C(NCC(=O)N1CCN(C(=O)c2ccccc2C(F)(F)F)CC1)C1CCN(CCCc2ccccc2)CC1. The summed E-state index contributed by atoms with van der Waals surface area (Å²) in [5.41, 5.74) is -0.0234. The van der Waals surface area contributed by atoms with Gasteiger partial charge in [0.25, 0.3) is 5.91 Å². The quantitative estimate of drug-likeness (QED) is 0.553. The second-order valence-corrected chi connectivity index (χ2v) is 10.1. The maximum absolute atomic E-state index is 13.3. The summed E-state index contributed by atoms with van der Waals surface area (Å²) in [7, 11) is 0. The minimum atomic E-state index is -4.62. The molecule has 1 N–H and O–H groups in total. The second kappa shape index (κ2) is 13.1. The van der Waals surface area contributed by atoms with Gasteiger partial charge in [0, 0.05) is 32.1 Å². The molecule has 2 saturated heterocycles. The van der Waals surface area contributed by atoms with Crippen LogP contribution in [0, 0.1) is 5.92 Å². The van der Waals surface area contributed by atoms with E-state index in [0.29, 0.717) is 0 Å². The summed E-state index contributed by atoms with van der Waals surface area (Å²) in [5.74, 6) is -1.20. The lowest BCUT2D eigenvalue weighted by molar-refractivity contribution is -0.138. The number of alkyl halides is 3. The van der Waals surface area contributed by atoms with E-state index < -0.39 is 17.6 Å². The third-order valence-electron chi connectivity index (χ3n) is 7.54. The molecule has 0 aromatic heterocycles. The van der Waals surface area contributed by atoms with Crippen molar-refractivity contribution in [3.8, 4) is 0 Å². The van der Waals surface area contributed by atoms with Gasteiger partial charge in [0.15, 0.2) is 0 Å². The zero-order chi connectivity index (χ0) is 27.8. The Morgan fingerprint density at radius 1 is 0.821 bits per heavy atom. The average molecular weight is 545 g/mol.